The molecule has 128 valence electrons. The number of amides is 2. The average molecular weight is 319 g/mol. The van der Waals surface area contributed by atoms with Crippen LogP contribution >= 0.6 is 0 Å². The van der Waals surface area contributed by atoms with Crippen molar-refractivity contribution in [3.05, 3.63) is 0 Å². The van der Waals surface area contributed by atoms with Gasteiger partial charge in [-0.05, 0) is 6.42 Å². The van der Waals surface area contributed by atoms with Gasteiger partial charge in [-0.25, -0.2) is 0 Å². The van der Waals surface area contributed by atoms with Gasteiger partial charge >= 0.3 is 5.97 Å². The summed E-state index contributed by atoms with van der Waals surface area (Å²) in [4.78, 5) is 32.9. The monoisotopic (exact) mass is 319 g/mol. The summed E-state index contributed by atoms with van der Waals surface area (Å²) in [6.07, 6.45) is 0.680. The molecule has 0 unspecified atom stereocenters. The molecule has 0 aliphatic rings. The third-order valence-corrected chi connectivity index (χ3v) is 2.45. The zero-order chi connectivity index (χ0) is 16.6. The molecular weight excluding hydrogens is 294 g/mol. The molecule has 0 aliphatic heterocycles. The van der Waals surface area contributed by atoms with Gasteiger partial charge in [0.1, 0.15) is 0 Å². The van der Waals surface area contributed by atoms with Gasteiger partial charge in [0, 0.05) is 33.4 Å². The molecule has 0 spiro atoms. The summed E-state index contributed by atoms with van der Waals surface area (Å²) in [5.41, 5.74) is 0. The van der Waals surface area contributed by atoms with Crippen LogP contribution in [0.4, 0.5) is 0 Å². The van der Waals surface area contributed by atoms with E-state index < -0.39 is 11.9 Å². The van der Waals surface area contributed by atoms with Gasteiger partial charge in [0.05, 0.1) is 26.1 Å². The first-order chi connectivity index (χ1) is 10.6. The van der Waals surface area contributed by atoms with E-state index in [0.29, 0.717) is 26.4 Å². The zero-order valence-corrected chi connectivity index (χ0v) is 12.9. The molecule has 0 aromatic rings. The molecule has 2 amide bonds. The molecule has 0 aromatic carbocycles. The number of carboxylic acids is 1. The van der Waals surface area contributed by atoms with Gasteiger partial charge in [-0.2, -0.15) is 0 Å². The van der Waals surface area contributed by atoms with Crippen LogP contribution < -0.4 is 16.0 Å². The molecule has 0 saturated carbocycles. The summed E-state index contributed by atoms with van der Waals surface area (Å²) in [6.45, 7) is 2.25. The molecule has 9 nitrogen and oxygen atoms in total. The van der Waals surface area contributed by atoms with Crippen LogP contribution in [0.3, 0.4) is 0 Å². The number of aliphatic carboxylic acids is 1. The molecule has 0 aromatic heterocycles. The summed E-state index contributed by atoms with van der Waals surface area (Å²) < 4.78 is 10.2. The molecule has 22 heavy (non-hydrogen) atoms. The highest BCUT2D eigenvalue weighted by Crippen LogP contribution is 1.82. The van der Waals surface area contributed by atoms with Crippen molar-refractivity contribution in [3.63, 3.8) is 0 Å². The van der Waals surface area contributed by atoms with Gasteiger partial charge in [-0.15, -0.1) is 0 Å². The number of ether oxygens (including phenoxy) is 2. The van der Waals surface area contributed by atoms with E-state index in [1.807, 2.05) is 0 Å². The molecule has 9 heteroatoms. The summed E-state index contributed by atoms with van der Waals surface area (Å²) in [5.74, 6) is -1.72. The Bertz CT molecular complexity index is 338. The van der Waals surface area contributed by atoms with Crippen LogP contribution in [0.5, 0.6) is 0 Å². The first-order valence-corrected chi connectivity index (χ1v) is 7.09. The van der Waals surface area contributed by atoms with Gasteiger partial charge in [0.2, 0.25) is 11.8 Å². The Morgan fingerprint density at radius 2 is 1.68 bits per heavy atom. The fraction of sp³-hybridized carbons (Fsp3) is 0.769. The smallest absolute Gasteiger partial charge is 0.305 e. The third kappa shape index (κ3) is 14.7. The highest BCUT2D eigenvalue weighted by molar-refractivity contribution is 5.85. The maximum Gasteiger partial charge on any atom is 0.305 e. The topological polar surface area (TPSA) is 126 Å². The van der Waals surface area contributed by atoms with Gasteiger partial charge in [-0.1, -0.05) is 0 Å². The van der Waals surface area contributed by atoms with Crippen LogP contribution in [0.25, 0.3) is 0 Å². The lowest BCUT2D eigenvalue weighted by molar-refractivity contribution is -0.137. The zero-order valence-electron chi connectivity index (χ0n) is 12.9. The van der Waals surface area contributed by atoms with E-state index in [4.69, 9.17) is 14.6 Å². The van der Waals surface area contributed by atoms with E-state index >= 15 is 0 Å². The molecule has 0 rings (SSSR count). The van der Waals surface area contributed by atoms with E-state index in [2.05, 4.69) is 16.0 Å². The van der Waals surface area contributed by atoms with Crippen LogP contribution in [0.1, 0.15) is 12.8 Å². The first-order valence-electron chi connectivity index (χ1n) is 7.09. The van der Waals surface area contributed by atoms with E-state index in [0.717, 1.165) is 6.42 Å². The van der Waals surface area contributed by atoms with Crippen LogP contribution in [-0.2, 0) is 23.9 Å². The minimum atomic E-state index is -0.988. The standard InChI is InChI=1S/C13H25N3O6/c1-21-6-2-7-22-8-5-14-9-11(17)16-10-12(18)15-4-3-13(19)20/h14H,2-10H2,1H3,(H,15,18)(H,16,17)(H,19,20). The van der Waals surface area contributed by atoms with Crippen molar-refractivity contribution >= 4 is 17.8 Å². The Balaban J connectivity index is 3.38. The molecular formula is C13H25N3O6. The quantitative estimate of drug-likeness (QED) is 0.282. The Hall–Kier alpha value is -1.71. The average Bonchev–Trinajstić information content (AvgIpc) is 2.47. The number of rotatable bonds is 14. The Morgan fingerprint density at radius 1 is 0.955 bits per heavy atom. The maximum atomic E-state index is 11.4. The number of hydrogen-bond donors (Lipinski definition) is 4. The summed E-state index contributed by atoms with van der Waals surface area (Å²) in [7, 11) is 1.63. The number of hydrogen-bond acceptors (Lipinski definition) is 6. The summed E-state index contributed by atoms with van der Waals surface area (Å²) >= 11 is 0. The molecule has 0 aliphatic carbocycles. The van der Waals surface area contributed by atoms with Gasteiger partial charge in [0.25, 0.3) is 0 Å². The van der Waals surface area contributed by atoms with Crippen LogP contribution in [0.2, 0.25) is 0 Å². The first kappa shape index (κ1) is 20.3. The highest BCUT2D eigenvalue weighted by Gasteiger charge is 2.05. The number of methoxy groups -OCH3 is 1. The Morgan fingerprint density at radius 3 is 2.36 bits per heavy atom. The van der Waals surface area contributed by atoms with Gasteiger partial charge in [0.15, 0.2) is 0 Å². The minimum Gasteiger partial charge on any atom is -0.481 e. The lowest BCUT2D eigenvalue weighted by atomic mass is 10.4. The Kier molecular flexibility index (Phi) is 13.1. The van der Waals surface area contributed by atoms with Crippen molar-refractivity contribution in [2.24, 2.45) is 0 Å². The van der Waals surface area contributed by atoms with E-state index in [1.54, 1.807) is 7.11 Å². The summed E-state index contributed by atoms with van der Waals surface area (Å²) in [6, 6.07) is 0. The summed E-state index contributed by atoms with van der Waals surface area (Å²) in [5, 5.41) is 16.1. The molecule has 0 bridgehead atoms. The van der Waals surface area contributed by atoms with Crippen molar-refractivity contribution in [3.8, 4) is 0 Å². The number of nitrogens with one attached hydrogen (secondary N) is 3. The second-order valence-corrected chi connectivity index (χ2v) is 4.41. The van der Waals surface area contributed by atoms with Crippen LogP contribution in [0, 0.1) is 0 Å². The van der Waals surface area contributed by atoms with Crippen molar-refractivity contribution in [1.29, 1.82) is 0 Å². The largest absolute Gasteiger partial charge is 0.481 e. The van der Waals surface area contributed by atoms with E-state index in [-0.39, 0.29) is 32.0 Å². The third-order valence-electron chi connectivity index (χ3n) is 2.45. The SMILES string of the molecule is COCCCOCCNCC(=O)NCC(=O)NCCC(=O)O. The normalized spacial score (nSPS) is 10.2. The van der Waals surface area contributed by atoms with Crippen molar-refractivity contribution < 1.29 is 29.0 Å². The number of carboxylic acid groups (broad SMARTS) is 1. The lowest BCUT2D eigenvalue weighted by Crippen LogP contribution is -2.41. The van der Waals surface area contributed by atoms with Gasteiger partial charge in [-0.3, -0.25) is 14.4 Å². The number of carbonyl (C=O) groups is 3. The molecule has 0 atom stereocenters. The van der Waals surface area contributed by atoms with Crippen LogP contribution in [0.15, 0.2) is 0 Å². The maximum absolute atomic E-state index is 11.4. The molecule has 0 saturated heterocycles. The molecule has 0 heterocycles. The fourth-order valence-electron chi connectivity index (χ4n) is 1.37. The van der Waals surface area contributed by atoms with Crippen molar-refractivity contribution in [2.45, 2.75) is 12.8 Å². The lowest BCUT2D eigenvalue weighted by Gasteiger charge is -2.07. The van der Waals surface area contributed by atoms with E-state index in [9.17, 15) is 14.4 Å². The highest BCUT2D eigenvalue weighted by atomic mass is 16.5. The predicted molar refractivity (Wildman–Crippen MR) is 78.5 cm³/mol. The van der Waals surface area contributed by atoms with E-state index in [1.165, 1.54) is 0 Å². The fourth-order valence-corrected chi connectivity index (χ4v) is 1.37. The van der Waals surface area contributed by atoms with Crippen molar-refractivity contribution in [2.75, 3.05) is 53.1 Å². The predicted octanol–water partition coefficient (Wildman–Crippen LogP) is -1.66. The molecule has 4 N–H and O–H groups in total. The number of carbonyl (C=O) groups excluding carboxylic acids is 2. The molecule has 0 radical (unpaired) electrons. The minimum absolute atomic E-state index is 0.0443. The molecule has 0 fully saturated rings. The van der Waals surface area contributed by atoms with Crippen molar-refractivity contribution in [1.82, 2.24) is 16.0 Å². The van der Waals surface area contributed by atoms with Crippen LogP contribution in [-0.4, -0.2) is 76.0 Å². The van der Waals surface area contributed by atoms with Gasteiger partial charge < -0.3 is 30.5 Å². The second kappa shape index (κ2) is 14.2. The second-order valence-electron chi connectivity index (χ2n) is 4.41. The Labute approximate surface area is 129 Å².